The molecule has 5 nitrogen and oxygen atoms in total. The number of nitro groups is 1. The van der Waals surface area contributed by atoms with Crippen molar-refractivity contribution in [3.8, 4) is 0 Å². The second-order valence-electron chi connectivity index (χ2n) is 4.74. The zero-order valence-corrected chi connectivity index (χ0v) is 13.9. The molecule has 6 heteroatoms. The molecule has 0 saturated carbocycles. The molecule has 0 aliphatic rings. The van der Waals surface area contributed by atoms with Crippen LogP contribution >= 0.6 is 15.9 Å². The summed E-state index contributed by atoms with van der Waals surface area (Å²) in [6.45, 7) is 10.0. The van der Waals surface area contributed by atoms with Crippen LogP contribution in [-0.4, -0.2) is 36.0 Å². The molecule has 0 aliphatic heterocycles. The van der Waals surface area contributed by atoms with Crippen LogP contribution < -0.4 is 5.32 Å². The van der Waals surface area contributed by atoms with E-state index in [1.165, 1.54) is 0 Å². The summed E-state index contributed by atoms with van der Waals surface area (Å²) in [6.07, 6.45) is 1.15. The maximum Gasteiger partial charge on any atom is 0.273 e. The van der Waals surface area contributed by atoms with Crippen LogP contribution in [0.5, 0.6) is 0 Å². The molecule has 0 amide bonds. The van der Waals surface area contributed by atoms with Gasteiger partial charge in [-0.1, -0.05) is 13.8 Å². The third-order valence-electron chi connectivity index (χ3n) is 3.21. The predicted octanol–water partition coefficient (Wildman–Crippen LogP) is 3.81. The number of rotatable bonds is 8. The van der Waals surface area contributed by atoms with E-state index in [2.05, 4.69) is 40.0 Å². The summed E-state index contributed by atoms with van der Waals surface area (Å²) >= 11 is 3.38. The van der Waals surface area contributed by atoms with Crippen LogP contribution in [0, 0.1) is 17.0 Å². The molecule has 1 N–H and O–H groups in total. The van der Waals surface area contributed by atoms with Crippen molar-refractivity contribution in [3.63, 3.8) is 0 Å². The first-order valence-electron chi connectivity index (χ1n) is 6.90. The van der Waals surface area contributed by atoms with Gasteiger partial charge in [0.2, 0.25) is 0 Å². The first kappa shape index (κ1) is 16.9. The fraction of sp³-hybridized carbons (Fsp3) is 0.571. The van der Waals surface area contributed by atoms with Crippen LogP contribution in [0.4, 0.5) is 11.4 Å². The van der Waals surface area contributed by atoms with Crippen molar-refractivity contribution in [1.29, 1.82) is 0 Å². The van der Waals surface area contributed by atoms with Crippen LogP contribution in [-0.2, 0) is 0 Å². The van der Waals surface area contributed by atoms with Gasteiger partial charge in [-0.2, -0.15) is 0 Å². The lowest BCUT2D eigenvalue weighted by atomic mass is 10.2. The van der Waals surface area contributed by atoms with Gasteiger partial charge in [-0.15, -0.1) is 0 Å². The summed E-state index contributed by atoms with van der Waals surface area (Å²) in [7, 11) is 0. The average molecular weight is 344 g/mol. The maximum atomic E-state index is 10.9. The molecule has 0 heterocycles. The van der Waals surface area contributed by atoms with E-state index in [0.717, 1.165) is 42.8 Å². The number of hydrogen-bond acceptors (Lipinski definition) is 4. The van der Waals surface area contributed by atoms with Gasteiger partial charge in [0.05, 0.1) is 4.92 Å². The number of nitrogens with one attached hydrogen (secondary N) is 1. The highest BCUT2D eigenvalue weighted by Crippen LogP contribution is 2.30. The van der Waals surface area contributed by atoms with Crippen LogP contribution in [0.25, 0.3) is 0 Å². The highest BCUT2D eigenvalue weighted by atomic mass is 79.9. The fourth-order valence-electron chi connectivity index (χ4n) is 2.10. The molecule has 0 spiro atoms. The number of nitrogens with zero attached hydrogens (tertiary/aromatic N) is 2. The van der Waals surface area contributed by atoms with Crippen LogP contribution in [0.15, 0.2) is 16.6 Å². The summed E-state index contributed by atoms with van der Waals surface area (Å²) in [5.41, 5.74) is 1.71. The molecular weight excluding hydrogens is 322 g/mol. The van der Waals surface area contributed by atoms with E-state index in [9.17, 15) is 10.1 Å². The number of hydrogen-bond donors (Lipinski definition) is 1. The van der Waals surface area contributed by atoms with E-state index < -0.39 is 0 Å². The third kappa shape index (κ3) is 4.76. The number of benzene rings is 1. The molecule has 0 atom stereocenters. The Labute approximate surface area is 128 Å². The van der Waals surface area contributed by atoms with Gasteiger partial charge in [0.25, 0.3) is 5.69 Å². The minimum Gasteiger partial charge on any atom is -0.383 e. The Morgan fingerprint density at radius 3 is 2.60 bits per heavy atom. The summed E-state index contributed by atoms with van der Waals surface area (Å²) in [6, 6.07) is 3.37. The van der Waals surface area contributed by atoms with Crippen molar-refractivity contribution in [1.82, 2.24) is 4.90 Å². The molecular formula is C14H22BrN3O2. The van der Waals surface area contributed by atoms with Gasteiger partial charge in [0.15, 0.2) is 0 Å². The summed E-state index contributed by atoms with van der Waals surface area (Å²) in [5, 5.41) is 14.2. The molecule has 1 rings (SSSR count). The van der Waals surface area contributed by atoms with Crippen LogP contribution in [0.1, 0.15) is 25.8 Å². The first-order valence-corrected chi connectivity index (χ1v) is 7.69. The normalized spacial score (nSPS) is 10.8. The standard InChI is InChI=1S/C14H22BrN3O2/c1-4-7-17(5-2)8-6-16-13-9-11(3)14(18(19)20)10-12(13)15/h9-10,16H,4-8H2,1-3H3. The molecule has 0 radical (unpaired) electrons. The number of nitro benzene ring substituents is 1. The largest absolute Gasteiger partial charge is 0.383 e. The maximum absolute atomic E-state index is 10.9. The van der Waals surface area contributed by atoms with Crippen LogP contribution in [0.2, 0.25) is 0 Å². The Morgan fingerprint density at radius 2 is 2.05 bits per heavy atom. The smallest absolute Gasteiger partial charge is 0.273 e. The van der Waals surface area contributed by atoms with Crippen molar-refractivity contribution in [2.24, 2.45) is 0 Å². The molecule has 112 valence electrons. The molecule has 0 bridgehead atoms. The van der Waals surface area contributed by atoms with E-state index in [4.69, 9.17) is 0 Å². The molecule has 0 fully saturated rings. The predicted molar refractivity (Wildman–Crippen MR) is 86.4 cm³/mol. The van der Waals surface area contributed by atoms with Gasteiger partial charge >= 0.3 is 0 Å². The molecule has 0 aromatic heterocycles. The minimum atomic E-state index is -0.357. The van der Waals surface area contributed by atoms with Gasteiger partial charge in [0.1, 0.15) is 0 Å². The van der Waals surface area contributed by atoms with Crippen LogP contribution in [0.3, 0.4) is 0 Å². The summed E-state index contributed by atoms with van der Waals surface area (Å²) in [4.78, 5) is 12.9. The lowest BCUT2D eigenvalue weighted by Gasteiger charge is -2.20. The van der Waals surface area contributed by atoms with Gasteiger partial charge in [-0.05, 0) is 48.4 Å². The van der Waals surface area contributed by atoms with Crippen molar-refractivity contribution >= 4 is 27.3 Å². The van der Waals surface area contributed by atoms with Crippen molar-refractivity contribution < 1.29 is 4.92 Å². The van der Waals surface area contributed by atoms with Gasteiger partial charge in [0, 0.05) is 34.9 Å². The van der Waals surface area contributed by atoms with E-state index >= 15 is 0 Å². The number of halogens is 1. The van der Waals surface area contributed by atoms with Crippen molar-refractivity contribution in [2.45, 2.75) is 27.2 Å². The Bertz CT molecular complexity index is 466. The number of anilines is 1. The highest BCUT2D eigenvalue weighted by molar-refractivity contribution is 9.10. The zero-order chi connectivity index (χ0) is 15.1. The third-order valence-corrected chi connectivity index (χ3v) is 3.87. The van der Waals surface area contributed by atoms with E-state index in [1.54, 1.807) is 13.0 Å². The lowest BCUT2D eigenvalue weighted by molar-refractivity contribution is -0.385. The van der Waals surface area contributed by atoms with Gasteiger partial charge in [-0.25, -0.2) is 0 Å². The Balaban J connectivity index is 2.65. The highest BCUT2D eigenvalue weighted by Gasteiger charge is 2.14. The Kier molecular flexibility index (Phi) is 6.95. The summed E-state index contributed by atoms with van der Waals surface area (Å²) < 4.78 is 0.730. The molecule has 1 aromatic carbocycles. The monoisotopic (exact) mass is 343 g/mol. The second-order valence-corrected chi connectivity index (χ2v) is 5.59. The molecule has 0 saturated heterocycles. The average Bonchev–Trinajstić information content (AvgIpc) is 2.40. The van der Waals surface area contributed by atoms with Crippen molar-refractivity contribution in [2.75, 3.05) is 31.5 Å². The molecule has 20 heavy (non-hydrogen) atoms. The quantitative estimate of drug-likeness (QED) is 0.575. The molecule has 0 unspecified atom stereocenters. The second kappa shape index (κ2) is 8.21. The summed E-state index contributed by atoms with van der Waals surface area (Å²) in [5.74, 6) is 0. The number of aryl methyl sites for hydroxylation is 1. The fourth-order valence-corrected chi connectivity index (χ4v) is 2.57. The molecule has 0 aliphatic carbocycles. The van der Waals surface area contributed by atoms with Gasteiger partial charge in [-0.3, -0.25) is 10.1 Å². The SMILES string of the molecule is CCCN(CC)CCNc1cc(C)c([N+](=O)[O-])cc1Br. The topological polar surface area (TPSA) is 58.4 Å². The zero-order valence-electron chi connectivity index (χ0n) is 12.3. The van der Waals surface area contributed by atoms with Gasteiger partial charge < -0.3 is 10.2 Å². The lowest BCUT2D eigenvalue weighted by Crippen LogP contribution is -2.29. The molecule has 1 aromatic rings. The van der Waals surface area contributed by atoms with E-state index in [1.807, 2.05) is 6.07 Å². The number of likely N-dealkylation sites (N-methyl/N-ethyl adjacent to an activating group) is 1. The van der Waals surface area contributed by atoms with E-state index in [-0.39, 0.29) is 10.6 Å². The minimum absolute atomic E-state index is 0.142. The van der Waals surface area contributed by atoms with Crippen molar-refractivity contribution in [3.05, 3.63) is 32.3 Å². The Morgan fingerprint density at radius 1 is 1.35 bits per heavy atom. The first-order chi connectivity index (χ1) is 9.49. The van der Waals surface area contributed by atoms with E-state index in [0.29, 0.717) is 5.56 Å². The Hall–Kier alpha value is -1.14.